The summed E-state index contributed by atoms with van der Waals surface area (Å²) < 4.78 is 6.18. The van der Waals surface area contributed by atoms with E-state index < -0.39 is 0 Å². The van der Waals surface area contributed by atoms with Gasteiger partial charge < -0.3 is 4.42 Å². The fourth-order valence-corrected chi connectivity index (χ4v) is 6.22. The van der Waals surface area contributed by atoms with Crippen molar-refractivity contribution in [3.05, 3.63) is 170 Å². The summed E-state index contributed by atoms with van der Waals surface area (Å²) in [6.45, 7) is 0. The molecular weight excluding hydrogens is 601 g/mol. The maximum absolute atomic E-state index is 6.18. The van der Waals surface area contributed by atoms with Crippen molar-refractivity contribution in [2.45, 2.75) is 0 Å². The van der Waals surface area contributed by atoms with Gasteiger partial charge in [-0.3, -0.25) is 0 Å². The fourth-order valence-electron chi connectivity index (χ4n) is 6.22. The van der Waals surface area contributed by atoms with Crippen molar-refractivity contribution >= 4 is 21.9 Å². The fraction of sp³-hybridized carbons (Fsp3) is 0. The van der Waals surface area contributed by atoms with Gasteiger partial charge in [0.25, 0.3) is 0 Å². The lowest BCUT2D eigenvalue weighted by Crippen LogP contribution is -2.00. The first-order valence-electron chi connectivity index (χ1n) is 16.2. The summed E-state index contributed by atoms with van der Waals surface area (Å²) in [6, 6.07) is 57.7. The molecule has 2 heterocycles. The highest BCUT2D eigenvalue weighted by atomic mass is 16.3. The van der Waals surface area contributed by atoms with E-state index in [1.807, 2.05) is 72.8 Å². The summed E-state index contributed by atoms with van der Waals surface area (Å²) in [5, 5.41) is 2.15. The molecule has 49 heavy (non-hydrogen) atoms. The maximum atomic E-state index is 6.18. The highest BCUT2D eigenvalue weighted by Gasteiger charge is 2.15. The molecular formula is C44H28N4O. The van der Waals surface area contributed by atoms with E-state index in [1.54, 1.807) is 0 Å². The number of aromatic nitrogens is 4. The van der Waals surface area contributed by atoms with Crippen LogP contribution in [-0.2, 0) is 0 Å². The van der Waals surface area contributed by atoms with Crippen LogP contribution in [0.3, 0.4) is 0 Å². The summed E-state index contributed by atoms with van der Waals surface area (Å²) in [5.41, 5.74) is 9.77. The van der Waals surface area contributed by atoms with Gasteiger partial charge in [-0.2, -0.15) is 0 Å². The third-order valence-corrected chi connectivity index (χ3v) is 8.77. The largest absolute Gasteiger partial charge is 0.436 e. The number of benzene rings is 7. The molecule has 0 N–H and O–H groups in total. The second-order valence-corrected chi connectivity index (χ2v) is 11.9. The lowest BCUT2D eigenvalue weighted by Gasteiger charge is -2.10. The number of fused-ring (bicyclic) bond motifs is 3. The molecule has 230 valence electrons. The third kappa shape index (κ3) is 5.53. The van der Waals surface area contributed by atoms with Gasteiger partial charge in [0, 0.05) is 27.6 Å². The van der Waals surface area contributed by atoms with Gasteiger partial charge in [-0.05, 0) is 58.0 Å². The molecule has 0 fully saturated rings. The van der Waals surface area contributed by atoms with Crippen molar-refractivity contribution in [1.82, 2.24) is 19.9 Å². The monoisotopic (exact) mass is 628 g/mol. The van der Waals surface area contributed by atoms with Gasteiger partial charge in [-0.1, -0.05) is 140 Å². The van der Waals surface area contributed by atoms with E-state index in [0.29, 0.717) is 23.4 Å². The van der Waals surface area contributed by atoms with Crippen molar-refractivity contribution in [1.29, 1.82) is 0 Å². The summed E-state index contributed by atoms with van der Waals surface area (Å²) in [6.07, 6.45) is 0. The predicted octanol–water partition coefficient (Wildman–Crippen LogP) is 11.2. The molecule has 0 radical (unpaired) electrons. The molecule has 0 bridgehead atoms. The molecule has 7 aromatic carbocycles. The van der Waals surface area contributed by atoms with Crippen LogP contribution in [0.15, 0.2) is 174 Å². The van der Waals surface area contributed by atoms with Crippen molar-refractivity contribution in [2.24, 2.45) is 0 Å². The zero-order valence-corrected chi connectivity index (χ0v) is 26.4. The van der Waals surface area contributed by atoms with E-state index in [1.165, 1.54) is 5.56 Å². The Morgan fingerprint density at radius 1 is 0.327 bits per heavy atom. The van der Waals surface area contributed by atoms with Gasteiger partial charge in [0.1, 0.15) is 5.52 Å². The predicted molar refractivity (Wildman–Crippen MR) is 198 cm³/mol. The Morgan fingerprint density at radius 2 is 0.796 bits per heavy atom. The van der Waals surface area contributed by atoms with Crippen LogP contribution in [0.4, 0.5) is 0 Å². The van der Waals surface area contributed by atoms with Crippen molar-refractivity contribution in [3.8, 4) is 67.9 Å². The topological polar surface area (TPSA) is 64.7 Å². The maximum Gasteiger partial charge on any atom is 0.227 e. The van der Waals surface area contributed by atoms with Gasteiger partial charge in [0.15, 0.2) is 23.1 Å². The van der Waals surface area contributed by atoms with Crippen molar-refractivity contribution in [2.75, 3.05) is 0 Å². The SMILES string of the molecule is c1ccc(-c2ccc(-c3nc(-c4ccccc4)nc(-c4cccc(-c5ccc6ccc7oc(-c8ccccc8)nc7c6c5)c4)n3)cc2)cc1. The minimum atomic E-state index is 0.616. The van der Waals surface area contributed by atoms with Crippen LogP contribution in [0.2, 0.25) is 0 Å². The Kier molecular flexibility index (Phi) is 7.06. The number of hydrogen-bond acceptors (Lipinski definition) is 5. The Hall–Kier alpha value is -6.72. The van der Waals surface area contributed by atoms with Crippen LogP contribution in [-0.4, -0.2) is 19.9 Å². The van der Waals surface area contributed by atoms with E-state index in [2.05, 4.69) is 97.1 Å². The highest BCUT2D eigenvalue weighted by Crippen LogP contribution is 2.34. The molecule has 5 nitrogen and oxygen atoms in total. The quantitative estimate of drug-likeness (QED) is 0.183. The molecule has 0 unspecified atom stereocenters. The van der Waals surface area contributed by atoms with Crippen LogP contribution >= 0.6 is 0 Å². The second kappa shape index (κ2) is 12.1. The molecule has 0 amide bonds. The number of rotatable bonds is 6. The number of oxazole rings is 1. The van der Waals surface area contributed by atoms with Gasteiger partial charge in [-0.25, -0.2) is 19.9 Å². The molecule has 0 saturated heterocycles. The molecule has 2 aromatic heterocycles. The summed E-state index contributed by atoms with van der Waals surface area (Å²) in [4.78, 5) is 19.8. The lowest BCUT2D eigenvalue weighted by molar-refractivity contribution is 0.620. The molecule has 0 saturated carbocycles. The minimum absolute atomic E-state index is 0.616. The van der Waals surface area contributed by atoms with Crippen LogP contribution in [0.25, 0.3) is 89.7 Å². The van der Waals surface area contributed by atoms with Gasteiger partial charge >= 0.3 is 0 Å². The van der Waals surface area contributed by atoms with Gasteiger partial charge in [0.05, 0.1) is 0 Å². The number of nitrogens with zero attached hydrogens (tertiary/aromatic N) is 4. The minimum Gasteiger partial charge on any atom is -0.436 e. The highest BCUT2D eigenvalue weighted by molar-refractivity contribution is 6.05. The summed E-state index contributed by atoms with van der Waals surface area (Å²) in [7, 11) is 0. The first kappa shape index (κ1) is 28.5. The van der Waals surface area contributed by atoms with E-state index in [9.17, 15) is 0 Å². The molecule has 5 heteroatoms. The van der Waals surface area contributed by atoms with Crippen LogP contribution in [0.5, 0.6) is 0 Å². The summed E-state index contributed by atoms with van der Waals surface area (Å²) >= 11 is 0. The van der Waals surface area contributed by atoms with E-state index in [-0.39, 0.29) is 0 Å². The average molecular weight is 629 g/mol. The second-order valence-electron chi connectivity index (χ2n) is 11.9. The molecule has 9 aromatic rings. The Bertz CT molecular complexity index is 2580. The zero-order valence-electron chi connectivity index (χ0n) is 26.4. The van der Waals surface area contributed by atoms with Crippen LogP contribution in [0.1, 0.15) is 0 Å². The van der Waals surface area contributed by atoms with Gasteiger partial charge in [-0.15, -0.1) is 0 Å². The summed E-state index contributed by atoms with van der Waals surface area (Å²) in [5.74, 6) is 2.49. The Labute approximate surface area is 283 Å². The van der Waals surface area contributed by atoms with E-state index in [4.69, 9.17) is 24.4 Å². The smallest absolute Gasteiger partial charge is 0.227 e. The zero-order chi connectivity index (χ0) is 32.6. The molecule has 0 atom stereocenters. The molecule has 0 aliphatic rings. The first-order valence-corrected chi connectivity index (χ1v) is 16.2. The van der Waals surface area contributed by atoms with Crippen molar-refractivity contribution < 1.29 is 4.42 Å². The van der Waals surface area contributed by atoms with Crippen LogP contribution in [0, 0.1) is 0 Å². The Balaban J connectivity index is 1.12. The molecule has 9 rings (SSSR count). The first-order chi connectivity index (χ1) is 24.2. The Morgan fingerprint density at radius 3 is 1.49 bits per heavy atom. The van der Waals surface area contributed by atoms with Crippen LogP contribution < -0.4 is 0 Å². The molecule has 0 spiro atoms. The standard InChI is InChI=1S/C44H28N4O/c1-4-11-29(12-5-1)30-19-22-33(23-20-30)42-46-41(32-13-6-2-7-14-32)47-43(48-42)37-18-10-17-35(27-37)36-24-21-31-25-26-39-40(38(31)28-36)45-44(49-39)34-15-8-3-9-16-34/h1-28H. The van der Waals surface area contributed by atoms with E-state index >= 15 is 0 Å². The normalized spacial score (nSPS) is 11.3. The third-order valence-electron chi connectivity index (χ3n) is 8.77. The average Bonchev–Trinajstić information content (AvgIpc) is 3.64. The lowest BCUT2D eigenvalue weighted by atomic mass is 9.99. The van der Waals surface area contributed by atoms with Crippen molar-refractivity contribution in [3.63, 3.8) is 0 Å². The van der Waals surface area contributed by atoms with E-state index in [0.717, 1.165) is 60.8 Å². The molecule has 0 aliphatic heterocycles. The molecule has 0 aliphatic carbocycles. The number of hydrogen-bond donors (Lipinski definition) is 0. The van der Waals surface area contributed by atoms with Gasteiger partial charge in [0.2, 0.25) is 5.89 Å².